The second-order valence-corrected chi connectivity index (χ2v) is 7.41. The van der Waals surface area contributed by atoms with Gasteiger partial charge in [0.15, 0.2) is 0 Å². The first-order chi connectivity index (χ1) is 12.0. The smallest absolute Gasteiger partial charge is 0.134 e. The molecule has 0 spiro atoms. The largest absolute Gasteiger partial charge is 0.361 e. The van der Waals surface area contributed by atoms with Crippen LogP contribution >= 0.6 is 0 Å². The molecule has 0 N–H and O–H groups in total. The van der Waals surface area contributed by atoms with Gasteiger partial charge in [-0.25, -0.2) is 4.98 Å². The van der Waals surface area contributed by atoms with Crippen molar-refractivity contribution in [2.45, 2.75) is 52.5 Å². The van der Waals surface area contributed by atoms with Crippen LogP contribution in [0.25, 0.3) is 10.9 Å². The molecule has 1 aromatic carbocycles. The second-order valence-electron chi connectivity index (χ2n) is 7.41. The third-order valence-electron chi connectivity index (χ3n) is 5.22. The number of anilines is 1. The van der Waals surface area contributed by atoms with Crippen LogP contribution in [0, 0.1) is 13.8 Å². The van der Waals surface area contributed by atoms with Crippen molar-refractivity contribution in [3.63, 3.8) is 0 Å². The molecule has 0 bridgehead atoms. The minimum Gasteiger partial charge on any atom is -0.361 e. The molecule has 1 fully saturated rings. The van der Waals surface area contributed by atoms with Crippen molar-refractivity contribution in [1.82, 2.24) is 10.1 Å². The standard InChI is InChI=1S/C21H25N3O/c1-13(2)16-7-5-8-17-14(3)11-20(22-21(16)17)24-10-6-9-19(24)18-12-15(4)25-23-18/h5,7-8,11-13,19H,6,9-10H2,1-4H3/t19-/m0/s1. The molecule has 130 valence electrons. The zero-order chi connectivity index (χ0) is 17.6. The Morgan fingerprint density at radius 1 is 1.20 bits per heavy atom. The van der Waals surface area contributed by atoms with Gasteiger partial charge in [0.2, 0.25) is 0 Å². The summed E-state index contributed by atoms with van der Waals surface area (Å²) < 4.78 is 5.31. The molecular weight excluding hydrogens is 310 g/mol. The lowest BCUT2D eigenvalue weighted by Gasteiger charge is -2.25. The quantitative estimate of drug-likeness (QED) is 0.651. The third kappa shape index (κ3) is 2.80. The van der Waals surface area contributed by atoms with Crippen molar-refractivity contribution in [3.8, 4) is 0 Å². The number of pyridine rings is 1. The van der Waals surface area contributed by atoms with E-state index in [-0.39, 0.29) is 6.04 Å². The lowest BCUT2D eigenvalue weighted by Crippen LogP contribution is -2.24. The van der Waals surface area contributed by atoms with Gasteiger partial charge < -0.3 is 9.42 Å². The van der Waals surface area contributed by atoms with Crippen molar-refractivity contribution in [1.29, 1.82) is 0 Å². The van der Waals surface area contributed by atoms with Gasteiger partial charge in [-0.2, -0.15) is 0 Å². The van der Waals surface area contributed by atoms with Gasteiger partial charge in [-0.15, -0.1) is 0 Å². The van der Waals surface area contributed by atoms with E-state index < -0.39 is 0 Å². The highest BCUT2D eigenvalue weighted by Gasteiger charge is 2.30. The molecule has 1 aliphatic heterocycles. The molecule has 0 aliphatic carbocycles. The second kappa shape index (κ2) is 6.17. The molecule has 3 aromatic rings. The summed E-state index contributed by atoms with van der Waals surface area (Å²) in [7, 11) is 0. The van der Waals surface area contributed by atoms with E-state index in [1.807, 2.05) is 6.92 Å². The fraction of sp³-hybridized carbons (Fsp3) is 0.429. The lowest BCUT2D eigenvalue weighted by atomic mass is 9.98. The van der Waals surface area contributed by atoms with E-state index in [0.717, 1.165) is 42.2 Å². The summed E-state index contributed by atoms with van der Waals surface area (Å²) in [6, 6.07) is 11.0. The Morgan fingerprint density at radius 3 is 2.76 bits per heavy atom. The average molecular weight is 335 g/mol. The van der Waals surface area contributed by atoms with E-state index in [4.69, 9.17) is 9.51 Å². The number of fused-ring (bicyclic) bond motifs is 1. The highest BCUT2D eigenvalue weighted by atomic mass is 16.5. The highest BCUT2D eigenvalue weighted by Crippen LogP contribution is 2.37. The molecule has 0 unspecified atom stereocenters. The predicted molar refractivity (Wildman–Crippen MR) is 101 cm³/mol. The molecule has 4 nitrogen and oxygen atoms in total. The fourth-order valence-electron chi connectivity index (χ4n) is 3.93. The van der Waals surface area contributed by atoms with Crippen LogP contribution in [0.4, 0.5) is 5.82 Å². The zero-order valence-electron chi connectivity index (χ0n) is 15.4. The van der Waals surface area contributed by atoms with Crippen LogP contribution in [-0.2, 0) is 0 Å². The first-order valence-electron chi connectivity index (χ1n) is 9.14. The molecule has 0 amide bonds. The minimum absolute atomic E-state index is 0.257. The van der Waals surface area contributed by atoms with Crippen LogP contribution in [0.3, 0.4) is 0 Å². The Hall–Kier alpha value is -2.36. The van der Waals surface area contributed by atoms with Crippen LogP contribution in [0.2, 0.25) is 0 Å². The Balaban J connectivity index is 1.82. The van der Waals surface area contributed by atoms with Crippen molar-refractivity contribution in [3.05, 3.63) is 52.9 Å². The SMILES string of the molecule is Cc1cc([C@@H]2CCCN2c2cc(C)c3cccc(C(C)C)c3n2)no1. The van der Waals surface area contributed by atoms with Crippen LogP contribution in [0.15, 0.2) is 34.9 Å². The Bertz CT molecular complexity index is 913. The molecule has 2 aromatic heterocycles. The first kappa shape index (κ1) is 16.1. The topological polar surface area (TPSA) is 42.2 Å². The first-order valence-corrected chi connectivity index (χ1v) is 9.14. The van der Waals surface area contributed by atoms with Crippen LogP contribution < -0.4 is 4.90 Å². The van der Waals surface area contributed by atoms with E-state index >= 15 is 0 Å². The number of nitrogens with zero attached hydrogens (tertiary/aromatic N) is 3. The summed E-state index contributed by atoms with van der Waals surface area (Å²) >= 11 is 0. The van der Waals surface area contributed by atoms with Crippen LogP contribution in [0.5, 0.6) is 0 Å². The van der Waals surface area contributed by atoms with Crippen molar-refractivity contribution in [2.24, 2.45) is 0 Å². The van der Waals surface area contributed by atoms with E-state index in [9.17, 15) is 0 Å². The van der Waals surface area contributed by atoms with Crippen molar-refractivity contribution < 1.29 is 4.52 Å². The summed E-state index contributed by atoms with van der Waals surface area (Å²) in [5.41, 5.74) is 4.75. The molecular formula is C21H25N3O. The molecule has 0 radical (unpaired) electrons. The molecule has 0 saturated carbocycles. The van der Waals surface area contributed by atoms with Crippen LogP contribution in [-0.4, -0.2) is 16.7 Å². The Kier molecular flexibility index (Phi) is 3.98. The monoisotopic (exact) mass is 335 g/mol. The van der Waals surface area contributed by atoms with Gasteiger partial charge in [0.1, 0.15) is 17.3 Å². The molecule has 4 heteroatoms. The normalized spacial score (nSPS) is 17.8. The van der Waals surface area contributed by atoms with Gasteiger partial charge in [0.25, 0.3) is 0 Å². The Morgan fingerprint density at radius 2 is 2.04 bits per heavy atom. The number of aromatic nitrogens is 2. The summed E-state index contributed by atoms with van der Waals surface area (Å²) in [5, 5.41) is 5.51. The van der Waals surface area contributed by atoms with Gasteiger partial charge in [-0.1, -0.05) is 37.2 Å². The van der Waals surface area contributed by atoms with Gasteiger partial charge in [0, 0.05) is 18.0 Å². The molecule has 1 atom stereocenters. The average Bonchev–Trinajstić information content (AvgIpc) is 3.22. The maximum atomic E-state index is 5.31. The van der Waals surface area contributed by atoms with Gasteiger partial charge >= 0.3 is 0 Å². The van der Waals surface area contributed by atoms with Gasteiger partial charge in [-0.05, 0) is 49.8 Å². The number of hydrogen-bond acceptors (Lipinski definition) is 4. The lowest BCUT2D eigenvalue weighted by molar-refractivity contribution is 0.385. The number of para-hydroxylation sites is 1. The summed E-state index contributed by atoms with van der Waals surface area (Å²) in [6.45, 7) is 9.61. The highest BCUT2D eigenvalue weighted by molar-refractivity contribution is 5.87. The Labute approximate surface area is 148 Å². The predicted octanol–water partition coefficient (Wildman–Crippen LogP) is 5.30. The minimum atomic E-state index is 0.257. The van der Waals surface area contributed by atoms with Gasteiger partial charge in [0.05, 0.1) is 11.6 Å². The molecule has 4 rings (SSSR count). The molecule has 1 aliphatic rings. The van der Waals surface area contributed by atoms with Gasteiger partial charge in [-0.3, -0.25) is 0 Å². The van der Waals surface area contributed by atoms with Crippen LogP contribution in [0.1, 0.15) is 61.2 Å². The van der Waals surface area contributed by atoms with E-state index in [0.29, 0.717) is 5.92 Å². The number of aryl methyl sites for hydroxylation is 2. The molecule has 1 saturated heterocycles. The van der Waals surface area contributed by atoms with Crippen molar-refractivity contribution in [2.75, 3.05) is 11.4 Å². The summed E-state index contributed by atoms with van der Waals surface area (Å²) in [4.78, 5) is 7.48. The van der Waals surface area contributed by atoms with Crippen molar-refractivity contribution >= 4 is 16.7 Å². The summed E-state index contributed by atoms with van der Waals surface area (Å²) in [6.07, 6.45) is 2.25. The van der Waals surface area contributed by atoms with E-state index in [2.05, 4.69) is 61.2 Å². The molecule has 3 heterocycles. The summed E-state index contributed by atoms with van der Waals surface area (Å²) in [5.74, 6) is 2.38. The number of rotatable bonds is 3. The maximum Gasteiger partial charge on any atom is 0.134 e. The zero-order valence-corrected chi connectivity index (χ0v) is 15.4. The third-order valence-corrected chi connectivity index (χ3v) is 5.22. The molecule has 25 heavy (non-hydrogen) atoms. The van der Waals surface area contributed by atoms with E-state index in [1.54, 1.807) is 0 Å². The number of benzene rings is 1. The number of hydrogen-bond donors (Lipinski definition) is 0. The van der Waals surface area contributed by atoms with E-state index in [1.165, 1.54) is 16.5 Å². The fourth-order valence-corrected chi connectivity index (χ4v) is 3.93. The maximum absolute atomic E-state index is 5.31.